The highest BCUT2D eigenvalue weighted by Gasteiger charge is 2.53. The van der Waals surface area contributed by atoms with E-state index in [9.17, 15) is 65.8 Å². The number of methoxy groups -OCH3 is 1. The summed E-state index contributed by atoms with van der Waals surface area (Å²) in [6.07, 6.45) is -16.9. The van der Waals surface area contributed by atoms with Crippen molar-refractivity contribution < 1.29 is 93.8 Å². The molecule has 6 rings (SSSR count). The van der Waals surface area contributed by atoms with Gasteiger partial charge >= 0.3 is 5.97 Å². The van der Waals surface area contributed by atoms with Crippen molar-refractivity contribution in [1.82, 2.24) is 0 Å². The molecule has 0 amide bonds. The standard InChI is InChI=1S/C37H38O20/c1-51-21-8-14(2-5-18(21)42)3-7-25(45)55-34-30(49)27(46)23(12-38)53-36(34)57-35-31(50)28(47)24(13-39)54-37(35)56-33-29(48)26-20(44)10-16(40)11-22(26)52-32(33)15-4-6-17(41)19(43)9-15/h2-11,23-24,27-28,30-31,34-44,46-47,49-50H,12-13H2,1H3. The van der Waals surface area contributed by atoms with E-state index in [1.54, 1.807) is 0 Å². The van der Waals surface area contributed by atoms with E-state index in [1.807, 2.05) is 0 Å². The van der Waals surface area contributed by atoms with Crippen molar-refractivity contribution in [2.45, 2.75) is 61.4 Å². The smallest absolute Gasteiger partial charge is 0.331 e. The molecule has 2 aliphatic rings. The van der Waals surface area contributed by atoms with Crippen LogP contribution in [0, 0.1) is 0 Å². The highest BCUT2D eigenvalue weighted by molar-refractivity contribution is 5.89. The number of aliphatic hydroxyl groups excluding tert-OH is 6. The molecular weight excluding hydrogens is 764 g/mol. The molecule has 0 saturated carbocycles. The molecule has 4 aromatic rings. The van der Waals surface area contributed by atoms with Crippen LogP contribution < -0.4 is 14.9 Å². The van der Waals surface area contributed by atoms with E-state index in [0.29, 0.717) is 5.56 Å². The minimum Gasteiger partial charge on any atom is -0.508 e. The Bertz CT molecular complexity index is 2180. The Morgan fingerprint density at radius 1 is 0.754 bits per heavy atom. The molecule has 2 aliphatic heterocycles. The van der Waals surface area contributed by atoms with E-state index < -0.39 is 126 Å². The molecule has 0 radical (unpaired) electrons. The fourth-order valence-electron chi connectivity index (χ4n) is 6.22. The van der Waals surface area contributed by atoms with E-state index in [2.05, 4.69) is 0 Å². The number of phenolic OH excluding ortho intramolecular Hbond substituents is 5. The first kappa shape index (κ1) is 41.0. The van der Waals surface area contributed by atoms with Gasteiger partial charge in [0.2, 0.25) is 17.5 Å². The summed E-state index contributed by atoms with van der Waals surface area (Å²) in [5, 5.41) is 114. The number of ether oxygens (including phenoxy) is 6. The number of carbonyl (C=O) groups excluding carboxylic acids is 1. The van der Waals surface area contributed by atoms with Crippen molar-refractivity contribution in [1.29, 1.82) is 0 Å². The molecule has 57 heavy (non-hydrogen) atoms. The van der Waals surface area contributed by atoms with Gasteiger partial charge in [0.1, 0.15) is 59.1 Å². The number of aromatic hydroxyl groups is 5. The number of carbonyl (C=O) groups is 1. The summed E-state index contributed by atoms with van der Waals surface area (Å²) in [7, 11) is 1.31. The van der Waals surface area contributed by atoms with Gasteiger partial charge in [-0.15, -0.1) is 0 Å². The molecule has 3 aromatic carbocycles. The van der Waals surface area contributed by atoms with Crippen LogP contribution in [0.1, 0.15) is 5.56 Å². The van der Waals surface area contributed by atoms with Gasteiger partial charge in [-0.2, -0.15) is 0 Å². The number of rotatable bonds is 11. The van der Waals surface area contributed by atoms with E-state index >= 15 is 0 Å². The van der Waals surface area contributed by atoms with Crippen molar-refractivity contribution in [3.05, 3.63) is 70.4 Å². The lowest BCUT2D eigenvalue weighted by atomic mass is 9.97. The highest BCUT2D eigenvalue weighted by Crippen LogP contribution is 2.40. The molecule has 10 atom stereocenters. The number of hydrogen-bond donors (Lipinski definition) is 11. The Morgan fingerprint density at radius 3 is 2.05 bits per heavy atom. The summed E-state index contributed by atoms with van der Waals surface area (Å²) in [5.74, 6) is -4.98. The van der Waals surface area contributed by atoms with Crippen LogP contribution in [0.15, 0.2) is 63.8 Å². The van der Waals surface area contributed by atoms with Crippen LogP contribution in [0.3, 0.4) is 0 Å². The van der Waals surface area contributed by atoms with Crippen LogP contribution in [-0.4, -0.2) is 144 Å². The quantitative estimate of drug-likeness (QED) is 0.0505. The maximum atomic E-state index is 14.0. The van der Waals surface area contributed by atoms with Gasteiger partial charge in [-0.05, 0) is 42.0 Å². The summed E-state index contributed by atoms with van der Waals surface area (Å²) in [5.41, 5.74) is -1.22. The second kappa shape index (κ2) is 16.8. The SMILES string of the molecule is COc1cc(C=CC(=O)OC2C(OC3C(Oc4c(-c5ccc(O)c(O)c5)oc5cc(O)cc(O)c5c4=O)OC(CO)C(O)C3O)OC(CO)C(O)C2O)ccc1O. The lowest BCUT2D eigenvalue weighted by Crippen LogP contribution is -2.65. The Labute approximate surface area is 320 Å². The first-order valence-electron chi connectivity index (χ1n) is 17.0. The summed E-state index contributed by atoms with van der Waals surface area (Å²) in [6.45, 7) is -1.83. The van der Waals surface area contributed by atoms with Crippen molar-refractivity contribution in [2.24, 2.45) is 0 Å². The van der Waals surface area contributed by atoms with E-state index in [1.165, 1.54) is 37.5 Å². The average molecular weight is 803 g/mol. The van der Waals surface area contributed by atoms with Crippen LogP contribution in [0.5, 0.6) is 40.2 Å². The van der Waals surface area contributed by atoms with Crippen molar-refractivity contribution in [2.75, 3.05) is 20.3 Å². The van der Waals surface area contributed by atoms with Crippen molar-refractivity contribution in [3.8, 4) is 51.6 Å². The summed E-state index contributed by atoms with van der Waals surface area (Å²) >= 11 is 0. The number of phenols is 5. The minimum absolute atomic E-state index is 0.0924. The normalized spacial score (nSPS) is 27.7. The number of esters is 1. The van der Waals surface area contributed by atoms with E-state index in [0.717, 1.165) is 30.3 Å². The molecule has 10 unspecified atom stereocenters. The number of hydrogen-bond acceptors (Lipinski definition) is 20. The molecule has 0 aliphatic carbocycles. The van der Waals surface area contributed by atoms with Gasteiger partial charge in [0.15, 0.2) is 47.3 Å². The lowest BCUT2D eigenvalue weighted by Gasteiger charge is -2.46. The van der Waals surface area contributed by atoms with Crippen molar-refractivity contribution >= 4 is 23.0 Å². The van der Waals surface area contributed by atoms with Gasteiger partial charge in [0.25, 0.3) is 0 Å². The largest absolute Gasteiger partial charge is 0.508 e. The van der Waals surface area contributed by atoms with Gasteiger partial charge in [-0.1, -0.05) is 6.07 Å². The number of aliphatic hydroxyl groups is 6. The molecular formula is C37H38O20. The molecule has 1 aromatic heterocycles. The molecule has 2 fully saturated rings. The average Bonchev–Trinajstić information content (AvgIpc) is 3.18. The second-order valence-electron chi connectivity index (χ2n) is 12.9. The predicted octanol–water partition coefficient (Wildman–Crippen LogP) is -0.736. The maximum Gasteiger partial charge on any atom is 0.331 e. The zero-order valence-electron chi connectivity index (χ0n) is 29.6. The van der Waals surface area contributed by atoms with Crippen LogP contribution in [0.25, 0.3) is 28.4 Å². The molecule has 20 nitrogen and oxygen atoms in total. The first-order chi connectivity index (χ1) is 27.1. The fourth-order valence-corrected chi connectivity index (χ4v) is 6.22. The third-order valence-corrected chi connectivity index (χ3v) is 9.20. The zero-order valence-corrected chi connectivity index (χ0v) is 29.6. The molecule has 0 spiro atoms. The van der Waals surface area contributed by atoms with Crippen LogP contribution in [-0.2, 0) is 23.7 Å². The monoisotopic (exact) mass is 802 g/mol. The molecule has 20 heteroatoms. The molecule has 11 N–H and O–H groups in total. The Morgan fingerprint density at radius 2 is 1.40 bits per heavy atom. The Kier molecular flexibility index (Phi) is 12.1. The summed E-state index contributed by atoms with van der Waals surface area (Å²) in [6, 6.07) is 9.17. The fraction of sp³-hybridized carbons (Fsp3) is 0.351. The molecule has 2 saturated heterocycles. The summed E-state index contributed by atoms with van der Waals surface area (Å²) in [4.78, 5) is 27.1. The third kappa shape index (κ3) is 8.25. The lowest BCUT2D eigenvalue weighted by molar-refractivity contribution is -0.358. The van der Waals surface area contributed by atoms with Crippen LogP contribution >= 0.6 is 0 Å². The second-order valence-corrected chi connectivity index (χ2v) is 12.9. The van der Waals surface area contributed by atoms with Crippen LogP contribution in [0.4, 0.5) is 0 Å². The van der Waals surface area contributed by atoms with Gasteiger partial charge in [0.05, 0.1) is 20.3 Å². The molecule has 0 bridgehead atoms. The van der Waals surface area contributed by atoms with E-state index in [4.69, 9.17) is 32.8 Å². The van der Waals surface area contributed by atoms with Gasteiger partial charge in [-0.25, -0.2) is 4.79 Å². The van der Waals surface area contributed by atoms with Gasteiger partial charge in [0, 0.05) is 23.8 Å². The van der Waals surface area contributed by atoms with Crippen molar-refractivity contribution in [3.63, 3.8) is 0 Å². The van der Waals surface area contributed by atoms with E-state index in [-0.39, 0.29) is 22.6 Å². The summed E-state index contributed by atoms with van der Waals surface area (Å²) < 4.78 is 39.5. The van der Waals surface area contributed by atoms with Gasteiger partial charge < -0.3 is 89.0 Å². The zero-order chi connectivity index (χ0) is 41.3. The predicted molar refractivity (Wildman–Crippen MR) is 189 cm³/mol. The Hall–Kier alpha value is -5.68. The van der Waals surface area contributed by atoms with Gasteiger partial charge in [-0.3, -0.25) is 4.79 Å². The highest BCUT2D eigenvalue weighted by atomic mass is 16.8. The van der Waals surface area contributed by atoms with Crippen LogP contribution in [0.2, 0.25) is 0 Å². The minimum atomic E-state index is -2.08. The maximum absolute atomic E-state index is 14.0. The third-order valence-electron chi connectivity index (χ3n) is 9.20. The number of benzene rings is 3. The molecule has 3 heterocycles. The topological polar surface area (TPSA) is 325 Å². The Balaban J connectivity index is 1.38. The molecule has 306 valence electrons. The first-order valence-corrected chi connectivity index (χ1v) is 17.0. The number of fused-ring (bicyclic) bond motifs is 1.